The second-order valence-corrected chi connectivity index (χ2v) is 6.59. The predicted octanol–water partition coefficient (Wildman–Crippen LogP) is 3.48. The molecule has 118 valence electrons. The molecular formula is C17H22N2O3. The van der Waals surface area contributed by atoms with Crippen molar-refractivity contribution in [3.63, 3.8) is 0 Å². The van der Waals surface area contributed by atoms with Crippen molar-refractivity contribution in [2.45, 2.75) is 32.4 Å². The number of H-pyrrole nitrogens is 1. The summed E-state index contributed by atoms with van der Waals surface area (Å²) in [6.45, 7) is 7.23. The van der Waals surface area contributed by atoms with Gasteiger partial charge in [-0.1, -0.05) is 6.07 Å². The van der Waals surface area contributed by atoms with Gasteiger partial charge >= 0.3 is 6.09 Å². The molecule has 2 aromatic rings. The third-order valence-corrected chi connectivity index (χ3v) is 3.72. The van der Waals surface area contributed by atoms with Crippen LogP contribution in [0.1, 0.15) is 32.4 Å². The molecule has 0 saturated carbocycles. The molecule has 22 heavy (non-hydrogen) atoms. The average molecular weight is 302 g/mol. The number of carbonyl (C=O) groups is 1. The summed E-state index contributed by atoms with van der Waals surface area (Å²) in [5.74, 6) is 0. The van der Waals surface area contributed by atoms with E-state index in [0.29, 0.717) is 19.8 Å². The number of benzene rings is 1. The molecule has 0 aliphatic carbocycles. The van der Waals surface area contributed by atoms with E-state index in [1.807, 2.05) is 45.2 Å². The van der Waals surface area contributed by atoms with E-state index in [1.54, 1.807) is 4.90 Å². The maximum atomic E-state index is 12.5. The molecule has 1 amide bonds. The predicted molar refractivity (Wildman–Crippen MR) is 84.8 cm³/mol. The summed E-state index contributed by atoms with van der Waals surface area (Å²) in [4.78, 5) is 17.4. The number of nitrogens with zero attached hydrogens (tertiary/aromatic N) is 1. The van der Waals surface area contributed by atoms with Gasteiger partial charge < -0.3 is 14.5 Å². The number of carbonyl (C=O) groups excluding carboxylic acids is 1. The largest absolute Gasteiger partial charge is 0.444 e. The molecule has 1 aliphatic heterocycles. The minimum absolute atomic E-state index is 0.108. The molecule has 1 atom stereocenters. The Morgan fingerprint density at radius 2 is 2.18 bits per heavy atom. The number of aromatic nitrogens is 1. The van der Waals surface area contributed by atoms with Crippen LogP contribution in [0.15, 0.2) is 30.5 Å². The highest BCUT2D eigenvalue weighted by Gasteiger charge is 2.32. The van der Waals surface area contributed by atoms with Gasteiger partial charge in [-0.15, -0.1) is 0 Å². The molecule has 1 aromatic carbocycles. The first-order valence-electron chi connectivity index (χ1n) is 7.58. The zero-order valence-electron chi connectivity index (χ0n) is 13.3. The molecule has 1 unspecified atom stereocenters. The third kappa shape index (κ3) is 3.09. The lowest BCUT2D eigenvalue weighted by atomic mass is 10.0. The lowest BCUT2D eigenvalue weighted by Crippen LogP contribution is -2.45. The van der Waals surface area contributed by atoms with Crippen LogP contribution in [0.5, 0.6) is 0 Å². The summed E-state index contributed by atoms with van der Waals surface area (Å²) >= 11 is 0. The van der Waals surface area contributed by atoms with Crippen LogP contribution in [0.2, 0.25) is 0 Å². The summed E-state index contributed by atoms with van der Waals surface area (Å²) in [5.41, 5.74) is 1.66. The Morgan fingerprint density at radius 3 is 2.95 bits per heavy atom. The van der Waals surface area contributed by atoms with Crippen LogP contribution >= 0.6 is 0 Å². The number of ether oxygens (including phenoxy) is 2. The summed E-state index contributed by atoms with van der Waals surface area (Å²) in [6.07, 6.45) is 1.63. The van der Waals surface area contributed by atoms with Crippen molar-refractivity contribution in [1.29, 1.82) is 0 Å². The molecule has 3 rings (SSSR count). The first kappa shape index (κ1) is 14.9. The number of hydrogen-bond acceptors (Lipinski definition) is 3. The fourth-order valence-corrected chi connectivity index (χ4v) is 2.70. The van der Waals surface area contributed by atoms with Gasteiger partial charge in [0.25, 0.3) is 0 Å². The van der Waals surface area contributed by atoms with Gasteiger partial charge in [0.2, 0.25) is 0 Å². The van der Waals surface area contributed by atoms with Crippen molar-refractivity contribution in [3.05, 3.63) is 36.0 Å². The van der Waals surface area contributed by atoms with Crippen LogP contribution in [0.4, 0.5) is 4.79 Å². The smallest absolute Gasteiger partial charge is 0.410 e. The molecular weight excluding hydrogens is 280 g/mol. The number of fused-ring (bicyclic) bond motifs is 1. The summed E-state index contributed by atoms with van der Waals surface area (Å²) in [7, 11) is 0. The van der Waals surface area contributed by atoms with Crippen molar-refractivity contribution in [2.75, 3.05) is 19.8 Å². The van der Waals surface area contributed by atoms with Crippen LogP contribution in [0.25, 0.3) is 10.9 Å². The van der Waals surface area contributed by atoms with E-state index in [1.165, 1.54) is 0 Å². The van der Waals surface area contributed by atoms with Gasteiger partial charge in [0.15, 0.2) is 0 Å². The van der Waals surface area contributed by atoms with E-state index >= 15 is 0 Å². The van der Waals surface area contributed by atoms with Crippen molar-refractivity contribution >= 4 is 17.0 Å². The number of morpholine rings is 1. The highest BCUT2D eigenvalue weighted by atomic mass is 16.6. The zero-order valence-corrected chi connectivity index (χ0v) is 13.3. The van der Waals surface area contributed by atoms with Gasteiger partial charge in [-0.3, -0.25) is 4.90 Å². The fourth-order valence-electron chi connectivity index (χ4n) is 2.70. The molecule has 1 saturated heterocycles. The first-order valence-corrected chi connectivity index (χ1v) is 7.58. The second-order valence-electron chi connectivity index (χ2n) is 6.59. The minimum atomic E-state index is -0.496. The number of rotatable bonds is 1. The first-order chi connectivity index (χ1) is 10.4. The number of nitrogens with one attached hydrogen (secondary N) is 1. The Hall–Kier alpha value is -2.01. The Labute approximate surface area is 130 Å². The van der Waals surface area contributed by atoms with Gasteiger partial charge in [-0.2, -0.15) is 0 Å². The Kier molecular flexibility index (Phi) is 3.83. The highest BCUT2D eigenvalue weighted by molar-refractivity contribution is 5.80. The monoisotopic (exact) mass is 302 g/mol. The van der Waals surface area contributed by atoms with E-state index in [9.17, 15) is 4.79 Å². The SMILES string of the molecule is CC(C)(C)OC(=O)N1CCOCC1c1ccc2[nH]ccc2c1. The van der Waals surface area contributed by atoms with Gasteiger partial charge in [-0.05, 0) is 49.9 Å². The molecule has 2 heterocycles. The second kappa shape index (κ2) is 5.65. The molecule has 1 N–H and O–H groups in total. The van der Waals surface area contributed by atoms with Crippen LogP contribution in [0, 0.1) is 0 Å². The molecule has 0 spiro atoms. The van der Waals surface area contributed by atoms with Gasteiger partial charge in [0.05, 0.1) is 19.3 Å². The van der Waals surface area contributed by atoms with E-state index < -0.39 is 5.60 Å². The van der Waals surface area contributed by atoms with E-state index in [0.717, 1.165) is 16.5 Å². The lowest BCUT2D eigenvalue weighted by Gasteiger charge is -2.36. The van der Waals surface area contributed by atoms with Crippen LogP contribution < -0.4 is 0 Å². The molecule has 1 aromatic heterocycles. The quantitative estimate of drug-likeness (QED) is 0.877. The maximum Gasteiger partial charge on any atom is 0.410 e. The number of amides is 1. The van der Waals surface area contributed by atoms with Crippen molar-refractivity contribution in [3.8, 4) is 0 Å². The van der Waals surface area contributed by atoms with Gasteiger partial charge in [-0.25, -0.2) is 4.79 Å². The summed E-state index contributed by atoms with van der Waals surface area (Å²) < 4.78 is 11.1. The molecule has 1 aliphatic rings. The summed E-state index contributed by atoms with van der Waals surface area (Å²) in [6, 6.07) is 8.09. The van der Waals surface area contributed by atoms with Gasteiger partial charge in [0.1, 0.15) is 5.60 Å². The Bertz CT molecular complexity index is 672. The van der Waals surface area contributed by atoms with Crippen LogP contribution in [-0.2, 0) is 9.47 Å². The fraction of sp³-hybridized carbons (Fsp3) is 0.471. The molecule has 5 nitrogen and oxygen atoms in total. The normalized spacial score (nSPS) is 19.4. The average Bonchev–Trinajstić information content (AvgIpc) is 2.92. The summed E-state index contributed by atoms with van der Waals surface area (Å²) in [5, 5.41) is 1.13. The number of hydrogen-bond donors (Lipinski definition) is 1. The Balaban J connectivity index is 1.86. The lowest BCUT2D eigenvalue weighted by molar-refractivity contribution is -0.0330. The van der Waals surface area contributed by atoms with Gasteiger partial charge in [0, 0.05) is 18.3 Å². The van der Waals surface area contributed by atoms with E-state index in [2.05, 4.69) is 11.1 Å². The minimum Gasteiger partial charge on any atom is -0.444 e. The van der Waals surface area contributed by atoms with Crippen LogP contribution in [0.3, 0.4) is 0 Å². The maximum absolute atomic E-state index is 12.5. The van der Waals surface area contributed by atoms with Crippen molar-refractivity contribution in [1.82, 2.24) is 9.88 Å². The topological polar surface area (TPSA) is 54.6 Å². The van der Waals surface area contributed by atoms with Crippen molar-refractivity contribution < 1.29 is 14.3 Å². The van der Waals surface area contributed by atoms with Crippen molar-refractivity contribution in [2.24, 2.45) is 0 Å². The zero-order chi connectivity index (χ0) is 15.7. The molecule has 5 heteroatoms. The molecule has 1 fully saturated rings. The number of aromatic amines is 1. The van der Waals surface area contributed by atoms with Crippen LogP contribution in [-0.4, -0.2) is 41.3 Å². The van der Waals surface area contributed by atoms with E-state index in [4.69, 9.17) is 9.47 Å². The highest BCUT2D eigenvalue weighted by Crippen LogP contribution is 2.28. The molecule has 0 bridgehead atoms. The Morgan fingerprint density at radius 1 is 1.36 bits per heavy atom. The standard InChI is InChI=1S/C17H22N2O3/c1-17(2,3)22-16(20)19-8-9-21-11-15(19)13-4-5-14-12(10-13)6-7-18-14/h4-7,10,15,18H,8-9,11H2,1-3H3. The molecule has 0 radical (unpaired) electrons. The van der Waals surface area contributed by atoms with E-state index in [-0.39, 0.29) is 12.1 Å². The third-order valence-electron chi connectivity index (χ3n) is 3.72.